The highest BCUT2D eigenvalue weighted by molar-refractivity contribution is 8.18. The number of aliphatic imine (C=N–C) groups is 1. The topological polar surface area (TPSA) is 71.7 Å². The molecule has 0 aliphatic carbocycles. The van der Waals surface area contributed by atoms with E-state index in [0.717, 1.165) is 29.5 Å². The molecule has 6 heteroatoms. The van der Waals surface area contributed by atoms with Gasteiger partial charge in [0.2, 0.25) is 0 Å². The Morgan fingerprint density at radius 1 is 1.25 bits per heavy atom. The molecule has 0 radical (unpaired) electrons. The summed E-state index contributed by atoms with van der Waals surface area (Å²) in [6.07, 6.45) is 2.44. The predicted octanol–water partition coefficient (Wildman–Crippen LogP) is 3.55. The number of amides is 2. The Bertz CT molecular complexity index is 847. The molecule has 1 aliphatic heterocycles. The van der Waals surface area contributed by atoms with Crippen molar-refractivity contribution in [2.75, 3.05) is 0 Å². The fourth-order valence-electron chi connectivity index (χ4n) is 2.12. The third kappa shape index (κ3) is 3.65. The number of carbonyl (C=O) groups is 2. The highest BCUT2D eigenvalue weighted by Crippen LogP contribution is 2.27. The first-order valence-corrected chi connectivity index (χ1v) is 8.36. The lowest BCUT2D eigenvalue weighted by atomic mass is 10.1. The number of benzene rings is 1. The average molecular weight is 340 g/mol. The van der Waals surface area contributed by atoms with Gasteiger partial charge in [-0.3, -0.25) is 9.59 Å². The normalized spacial score (nSPS) is 17.5. The number of nitrogens with zero attached hydrogens (tertiary/aromatic N) is 1. The molecule has 2 amide bonds. The molecule has 1 aromatic heterocycles. The van der Waals surface area contributed by atoms with Crippen molar-refractivity contribution in [2.45, 2.75) is 20.3 Å². The number of hydrogen-bond donors (Lipinski definition) is 1. The summed E-state index contributed by atoms with van der Waals surface area (Å²) in [5.41, 5.74) is 1.55. The number of aryl methyl sites for hydroxylation is 2. The summed E-state index contributed by atoms with van der Waals surface area (Å²) < 4.78 is 5.56. The minimum Gasteiger partial charge on any atom is -0.462 e. The van der Waals surface area contributed by atoms with Gasteiger partial charge in [0, 0.05) is 18.1 Å². The van der Waals surface area contributed by atoms with Gasteiger partial charge in [0.1, 0.15) is 11.5 Å². The lowest BCUT2D eigenvalue weighted by Gasteiger charge is -1.97. The number of furan rings is 1. The lowest BCUT2D eigenvalue weighted by Crippen LogP contribution is -2.20. The highest BCUT2D eigenvalue weighted by atomic mass is 32.2. The van der Waals surface area contributed by atoms with Gasteiger partial charge in [0.15, 0.2) is 5.17 Å². The molecular weight excluding hydrogens is 324 g/mol. The van der Waals surface area contributed by atoms with Gasteiger partial charge in [-0.1, -0.05) is 24.6 Å². The Balaban J connectivity index is 1.76. The molecule has 1 N–H and O–H groups in total. The molecule has 0 saturated carbocycles. The number of rotatable bonds is 3. The predicted molar refractivity (Wildman–Crippen MR) is 94.7 cm³/mol. The molecule has 2 aromatic rings. The quantitative estimate of drug-likeness (QED) is 0.867. The van der Waals surface area contributed by atoms with E-state index in [-0.39, 0.29) is 17.0 Å². The van der Waals surface area contributed by atoms with E-state index < -0.39 is 0 Å². The number of thioether (sulfide) groups is 1. The summed E-state index contributed by atoms with van der Waals surface area (Å²) in [4.78, 5) is 28.6. The van der Waals surface area contributed by atoms with Crippen LogP contribution in [0, 0.1) is 6.92 Å². The fraction of sp³-hybridized carbons (Fsp3) is 0.167. The third-order valence-corrected chi connectivity index (χ3v) is 4.37. The first kappa shape index (κ1) is 16.3. The van der Waals surface area contributed by atoms with Crippen LogP contribution in [0.5, 0.6) is 0 Å². The zero-order chi connectivity index (χ0) is 17.1. The number of hydrogen-bond acceptors (Lipinski definition) is 4. The van der Waals surface area contributed by atoms with E-state index in [1.54, 1.807) is 18.2 Å². The maximum atomic E-state index is 12.1. The standard InChI is InChI=1S/C18H16N2O3S/c1-3-13-8-9-14(23-13)10-15-17(22)20-18(24-15)19-16(21)12-6-4-11(2)5-7-12/h4-10H,3H2,1-2H3,(H,19,20,21,22)/b15-10-. The minimum absolute atomic E-state index is 0.277. The van der Waals surface area contributed by atoms with E-state index in [4.69, 9.17) is 4.42 Å². The molecule has 1 aliphatic rings. The summed E-state index contributed by atoms with van der Waals surface area (Å²) in [6.45, 7) is 3.94. The van der Waals surface area contributed by atoms with Gasteiger partial charge < -0.3 is 9.73 Å². The Labute approximate surface area is 143 Å². The Morgan fingerprint density at radius 3 is 2.67 bits per heavy atom. The first-order valence-electron chi connectivity index (χ1n) is 7.54. The van der Waals surface area contributed by atoms with E-state index in [1.165, 1.54) is 0 Å². The van der Waals surface area contributed by atoms with Crippen LogP contribution in [0.1, 0.15) is 34.4 Å². The Morgan fingerprint density at radius 2 is 2.00 bits per heavy atom. The van der Waals surface area contributed by atoms with Crippen molar-refractivity contribution in [1.82, 2.24) is 5.32 Å². The molecule has 1 aromatic carbocycles. The number of amidine groups is 1. The molecule has 0 unspecified atom stereocenters. The molecule has 1 saturated heterocycles. The molecular formula is C18H16N2O3S. The maximum Gasteiger partial charge on any atom is 0.279 e. The van der Waals surface area contributed by atoms with Crippen molar-refractivity contribution in [3.63, 3.8) is 0 Å². The van der Waals surface area contributed by atoms with Crippen molar-refractivity contribution < 1.29 is 14.0 Å². The minimum atomic E-state index is -0.384. The highest BCUT2D eigenvalue weighted by Gasteiger charge is 2.25. The van der Waals surface area contributed by atoms with Gasteiger partial charge in [0.05, 0.1) is 4.91 Å². The van der Waals surface area contributed by atoms with Gasteiger partial charge in [0.25, 0.3) is 11.8 Å². The molecule has 0 spiro atoms. The van der Waals surface area contributed by atoms with E-state index in [9.17, 15) is 9.59 Å². The van der Waals surface area contributed by atoms with E-state index in [0.29, 0.717) is 16.2 Å². The smallest absolute Gasteiger partial charge is 0.279 e. The number of carbonyl (C=O) groups excluding carboxylic acids is 2. The van der Waals surface area contributed by atoms with Crippen molar-refractivity contribution >= 4 is 34.8 Å². The van der Waals surface area contributed by atoms with Gasteiger partial charge in [-0.05, 0) is 43.0 Å². The first-order chi connectivity index (χ1) is 11.5. The Hall–Kier alpha value is -2.60. The lowest BCUT2D eigenvalue weighted by molar-refractivity contribution is -0.115. The average Bonchev–Trinajstić information content (AvgIpc) is 3.15. The van der Waals surface area contributed by atoms with E-state index in [2.05, 4.69) is 10.3 Å². The molecule has 5 nitrogen and oxygen atoms in total. The van der Waals surface area contributed by atoms with Crippen LogP contribution in [-0.2, 0) is 11.2 Å². The summed E-state index contributed by atoms with van der Waals surface area (Å²) in [5, 5.41) is 2.88. The molecule has 0 atom stereocenters. The monoisotopic (exact) mass is 340 g/mol. The Kier molecular flexibility index (Phi) is 4.66. The number of nitrogens with one attached hydrogen (secondary N) is 1. The van der Waals surface area contributed by atoms with Crippen molar-refractivity contribution in [1.29, 1.82) is 0 Å². The largest absolute Gasteiger partial charge is 0.462 e. The summed E-state index contributed by atoms with van der Waals surface area (Å²) in [7, 11) is 0. The molecule has 2 heterocycles. The van der Waals surface area contributed by atoms with Gasteiger partial charge in [-0.2, -0.15) is 4.99 Å². The van der Waals surface area contributed by atoms with E-state index in [1.807, 2.05) is 38.1 Å². The maximum absolute atomic E-state index is 12.1. The zero-order valence-corrected chi connectivity index (χ0v) is 14.1. The molecule has 122 valence electrons. The van der Waals surface area contributed by atoms with Crippen molar-refractivity contribution in [3.8, 4) is 0 Å². The second-order valence-corrected chi connectivity index (χ2v) is 6.34. The molecule has 0 bridgehead atoms. The molecule has 1 fully saturated rings. The van der Waals surface area contributed by atoms with Gasteiger partial charge in [-0.25, -0.2) is 0 Å². The van der Waals surface area contributed by atoms with Crippen LogP contribution >= 0.6 is 11.8 Å². The molecule has 24 heavy (non-hydrogen) atoms. The SMILES string of the molecule is CCc1ccc(/C=C2\SC(=NC(=O)c3ccc(C)cc3)NC2=O)o1. The summed E-state index contributed by atoms with van der Waals surface area (Å²) in [5.74, 6) is 0.791. The van der Waals surface area contributed by atoms with Gasteiger partial charge in [-0.15, -0.1) is 0 Å². The van der Waals surface area contributed by atoms with Crippen LogP contribution in [0.15, 0.2) is 50.7 Å². The van der Waals surface area contributed by atoms with E-state index >= 15 is 0 Å². The van der Waals surface area contributed by atoms with Gasteiger partial charge >= 0.3 is 0 Å². The third-order valence-electron chi connectivity index (χ3n) is 3.46. The van der Waals surface area contributed by atoms with Crippen LogP contribution in [0.2, 0.25) is 0 Å². The molecule has 3 rings (SSSR count). The summed E-state index contributed by atoms with van der Waals surface area (Å²) in [6, 6.07) is 10.8. The fourth-order valence-corrected chi connectivity index (χ4v) is 2.92. The van der Waals surface area contributed by atoms with Crippen LogP contribution in [-0.4, -0.2) is 17.0 Å². The second-order valence-electron chi connectivity index (χ2n) is 5.31. The van der Waals surface area contributed by atoms with Crippen LogP contribution in [0.25, 0.3) is 6.08 Å². The van der Waals surface area contributed by atoms with Crippen molar-refractivity contribution in [2.24, 2.45) is 4.99 Å². The van der Waals surface area contributed by atoms with Crippen LogP contribution < -0.4 is 5.32 Å². The zero-order valence-electron chi connectivity index (χ0n) is 13.3. The van der Waals surface area contributed by atoms with Crippen LogP contribution in [0.4, 0.5) is 0 Å². The van der Waals surface area contributed by atoms with Crippen molar-refractivity contribution in [3.05, 3.63) is 64.0 Å². The van der Waals surface area contributed by atoms with Crippen LogP contribution in [0.3, 0.4) is 0 Å². The summed E-state index contributed by atoms with van der Waals surface area (Å²) >= 11 is 1.13. The second kappa shape index (κ2) is 6.88.